The second kappa shape index (κ2) is 6.19. The molecule has 1 aliphatic rings. The summed E-state index contributed by atoms with van der Waals surface area (Å²) in [5, 5.41) is 0.560. The topological polar surface area (TPSA) is 37.4 Å². The molecule has 0 amide bonds. The van der Waals surface area contributed by atoms with Gasteiger partial charge in [0.15, 0.2) is 0 Å². The van der Waals surface area contributed by atoms with Crippen molar-refractivity contribution in [2.45, 2.75) is 17.7 Å². The third kappa shape index (κ3) is 3.37. The van der Waals surface area contributed by atoms with Crippen molar-refractivity contribution >= 4 is 44.8 Å². The zero-order valence-corrected chi connectivity index (χ0v) is 13.2. The van der Waals surface area contributed by atoms with Gasteiger partial charge in [-0.15, -0.1) is 11.6 Å². The van der Waals surface area contributed by atoms with E-state index in [0.717, 1.165) is 12.8 Å². The van der Waals surface area contributed by atoms with E-state index in [-0.39, 0.29) is 9.92 Å². The standard InChI is InChI=1S/C12H14Cl3NO2S/c13-5-3-9-4-6-16(8-9)19(17,18)12-7-10(14)1-2-11(12)15/h1-2,7,9H,3-6,8H2. The summed E-state index contributed by atoms with van der Waals surface area (Å²) in [6, 6.07) is 4.47. The average Bonchev–Trinajstić information content (AvgIpc) is 2.82. The van der Waals surface area contributed by atoms with Crippen molar-refractivity contribution in [3.63, 3.8) is 0 Å². The predicted molar refractivity (Wildman–Crippen MR) is 78.7 cm³/mol. The van der Waals surface area contributed by atoms with Crippen molar-refractivity contribution in [3.05, 3.63) is 28.2 Å². The van der Waals surface area contributed by atoms with Crippen LogP contribution in [0.3, 0.4) is 0 Å². The van der Waals surface area contributed by atoms with Crippen molar-refractivity contribution in [3.8, 4) is 0 Å². The molecule has 1 aromatic rings. The number of sulfonamides is 1. The number of hydrogen-bond donors (Lipinski definition) is 0. The Morgan fingerprint density at radius 1 is 1.32 bits per heavy atom. The van der Waals surface area contributed by atoms with Gasteiger partial charge in [-0.1, -0.05) is 23.2 Å². The summed E-state index contributed by atoms with van der Waals surface area (Å²) in [4.78, 5) is 0.0770. The Kier molecular flexibility index (Phi) is 5.01. The van der Waals surface area contributed by atoms with Gasteiger partial charge in [0.25, 0.3) is 0 Å². The molecule has 1 aromatic carbocycles. The molecule has 1 atom stereocenters. The van der Waals surface area contributed by atoms with Gasteiger partial charge in [0.05, 0.1) is 5.02 Å². The Morgan fingerprint density at radius 2 is 2.05 bits per heavy atom. The molecule has 3 nitrogen and oxygen atoms in total. The zero-order valence-electron chi connectivity index (χ0n) is 10.2. The van der Waals surface area contributed by atoms with Gasteiger partial charge in [0, 0.05) is 24.0 Å². The lowest BCUT2D eigenvalue weighted by atomic mass is 10.1. The molecule has 0 spiro atoms. The quantitative estimate of drug-likeness (QED) is 0.784. The summed E-state index contributed by atoms with van der Waals surface area (Å²) >= 11 is 17.5. The maximum absolute atomic E-state index is 12.5. The minimum atomic E-state index is -3.57. The van der Waals surface area contributed by atoms with Crippen LogP contribution in [0.2, 0.25) is 10.0 Å². The van der Waals surface area contributed by atoms with Crippen LogP contribution in [0.4, 0.5) is 0 Å². The third-order valence-electron chi connectivity index (χ3n) is 3.28. The van der Waals surface area contributed by atoms with Crippen LogP contribution < -0.4 is 0 Å². The molecule has 0 bridgehead atoms. The zero-order chi connectivity index (χ0) is 14.0. The summed E-state index contributed by atoms with van der Waals surface area (Å²) in [7, 11) is -3.57. The summed E-state index contributed by atoms with van der Waals surface area (Å²) < 4.78 is 26.5. The van der Waals surface area contributed by atoms with Crippen LogP contribution in [0.25, 0.3) is 0 Å². The van der Waals surface area contributed by atoms with Gasteiger partial charge in [-0.05, 0) is 37.0 Å². The number of alkyl halides is 1. The van der Waals surface area contributed by atoms with E-state index in [1.807, 2.05) is 0 Å². The highest BCUT2D eigenvalue weighted by molar-refractivity contribution is 7.89. The van der Waals surface area contributed by atoms with E-state index >= 15 is 0 Å². The van der Waals surface area contributed by atoms with Crippen LogP contribution in [0.5, 0.6) is 0 Å². The van der Waals surface area contributed by atoms with Crippen LogP contribution >= 0.6 is 34.8 Å². The normalized spacial score (nSPS) is 20.9. The molecule has 0 N–H and O–H groups in total. The van der Waals surface area contributed by atoms with Gasteiger partial charge in [0.2, 0.25) is 10.0 Å². The van der Waals surface area contributed by atoms with Crippen LogP contribution in [0.15, 0.2) is 23.1 Å². The number of hydrogen-bond acceptors (Lipinski definition) is 2. The van der Waals surface area contributed by atoms with E-state index in [9.17, 15) is 8.42 Å². The van der Waals surface area contributed by atoms with Crippen molar-refractivity contribution < 1.29 is 8.42 Å². The van der Waals surface area contributed by atoms with E-state index in [0.29, 0.717) is 29.9 Å². The lowest BCUT2D eigenvalue weighted by molar-refractivity contribution is 0.453. The third-order valence-corrected chi connectivity index (χ3v) is 6.08. The molecule has 2 rings (SSSR count). The second-order valence-corrected chi connectivity index (χ2v) is 7.70. The van der Waals surface area contributed by atoms with Crippen LogP contribution in [-0.4, -0.2) is 31.7 Å². The first-order valence-corrected chi connectivity index (χ1v) is 8.69. The van der Waals surface area contributed by atoms with Crippen molar-refractivity contribution in [2.75, 3.05) is 19.0 Å². The largest absolute Gasteiger partial charge is 0.244 e. The van der Waals surface area contributed by atoms with Gasteiger partial charge < -0.3 is 0 Å². The minimum absolute atomic E-state index is 0.0770. The number of nitrogens with zero attached hydrogens (tertiary/aromatic N) is 1. The smallest absolute Gasteiger partial charge is 0.207 e. The van der Waals surface area contributed by atoms with Gasteiger partial charge in [-0.3, -0.25) is 0 Å². The Bertz CT molecular complexity index is 562. The highest BCUT2D eigenvalue weighted by Gasteiger charge is 2.33. The van der Waals surface area contributed by atoms with Crippen LogP contribution in [0, 0.1) is 5.92 Å². The molecule has 106 valence electrons. The molecule has 1 saturated heterocycles. The molecule has 1 fully saturated rings. The molecule has 19 heavy (non-hydrogen) atoms. The summed E-state index contributed by atoms with van der Waals surface area (Å²) in [5.41, 5.74) is 0. The lowest BCUT2D eigenvalue weighted by Crippen LogP contribution is -2.29. The molecule has 1 aliphatic heterocycles. The Morgan fingerprint density at radius 3 is 2.74 bits per heavy atom. The summed E-state index contributed by atoms with van der Waals surface area (Å²) in [6.45, 7) is 1.00. The fraction of sp³-hybridized carbons (Fsp3) is 0.500. The molecular formula is C12H14Cl3NO2S. The first-order chi connectivity index (χ1) is 8.95. The maximum Gasteiger partial charge on any atom is 0.244 e. The van der Waals surface area contributed by atoms with Crippen LogP contribution in [-0.2, 0) is 10.0 Å². The minimum Gasteiger partial charge on any atom is -0.207 e. The average molecular weight is 343 g/mol. The monoisotopic (exact) mass is 341 g/mol. The number of halogens is 3. The van der Waals surface area contributed by atoms with Gasteiger partial charge >= 0.3 is 0 Å². The molecule has 0 radical (unpaired) electrons. The lowest BCUT2D eigenvalue weighted by Gasteiger charge is -2.17. The van der Waals surface area contributed by atoms with Gasteiger partial charge in [-0.25, -0.2) is 8.42 Å². The van der Waals surface area contributed by atoms with Crippen LogP contribution in [0.1, 0.15) is 12.8 Å². The van der Waals surface area contributed by atoms with Crippen molar-refractivity contribution in [1.82, 2.24) is 4.31 Å². The van der Waals surface area contributed by atoms with E-state index in [4.69, 9.17) is 34.8 Å². The Labute approximate surface area is 128 Å². The first kappa shape index (κ1) is 15.4. The van der Waals surface area contributed by atoms with E-state index in [1.54, 1.807) is 6.07 Å². The van der Waals surface area contributed by atoms with E-state index < -0.39 is 10.0 Å². The Hall–Kier alpha value is -0.0000000000000000555. The molecule has 1 unspecified atom stereocenters. The highest BCUT2D eigenvalue weighted by atomic mass is 35.5. The van der Waals surface area contributed by atoms with E-state index in [1.165, 1.54) is 16.4 Å². The highest BCUT2D eigenvalue weighted by Crippen LogP contribution is 2.31. The van der Waals surface area contributed by atoms with E-state index in [2.05, 4.69) is 0 Å². The maximum atomic E-state index is 12.5. The van der Waals surface area contributed by atoms with Crippen molar-refractivity contribution in [1.29, 1.82) is 0 Å². The fourth-order valence-corrected chi connectivity index (χ4v) is 4.80. The Balaban J connectivity index is 2.26. The molecule has 1 heterocycles. The van der Waals surface area contributed by atoms with Gasteiger partial charge in [-0.2, -0.15) is 4.31 Å². The number of rotatable bonds is 4. The summed E-state index contributed by atoms with van der Waals surface area (Å²) in [6.07, 6.45) is 1.67. The first-order valence-electron chi connectivity index (χ1n) is 5.96. The molecule has 0 aliphatic carbocycles. The SMILES string of the molecule is O=S(=O)(c1cc(Cl)ccc1Cl)N1CCC(CCCl)C1. The number of benzene rings is 1. The predicted octanol–water partition coefficient (Wildman–Crippen LogP) is 3.63. The molecule has 7 heteroatoms. The van der Waals surface area contributed by atoms with Crippen molar-refractivity contribution in [2.24, 2.45) is 5.92 Å². The fourth-order valence-electron chi connectivity index (χ4n) is 2.22. The molecule has 0 saturated carbocycles. The second-order valence-electron chi connectivity index (χ2n) is 4.57. The summed E-state index contributed by atoms with van der Waals surface area (Å²) in [5.74, 6) is 0.876. The molecular weight excluding hydrogens is 329 g/mol. The van der Waals surface area contributed by atoms with Gasteiger partial charge in [0.1, 0.15) is 4.90 Å². The molecule has 0 aromatic heterocycles.